The molecule has 1 aliphatic rings. The number of morpholine rings is 1. The summed E-state index contributed by atoms with van der Waals surface area (Å²) in [5, 5.41) is 0. The lowest BCUT2D eigenvalue weighted by atomic mass is 10.0. The molecule has 9 heteroatoms. The van der Waals surface area contributed by atoms with Crippen LogP contribution in [0.25, 0.3) is 11.0 Å². The van der Waals surface area contributed by atoms with Crippen molar-refractivity contribution in [2.45, 2.75) is 64.8 Å². The van der Waals surface area contributed by atoms with Crippen molar-refractivity contribution in [3.8, 4) is 0 Å². The van der Waals surface area contributed by atoms with Crippen molar-refractivity contribution in [3.05, 3.63) is 24.0 Å². The summed E-state index contributed by atoms with van der Waals surface area (Å²) in [5.74, 6) is 1.50. The van der Waals surface area contributed by atoms with Crippen LogP contribution in [0.5, 0.6) is 0 Å². The Bertz CT molecular complexity index is 1040. The molecule has 0 radical (unpaired) electrons. The van der Waals surface area contributed by atoms with Crippen molar-refractivity contribution in [2.75, 3.05) is 39.4 Å². The molecule has 184 valence electrons. The fourth-order valence-corrected chi connectivity index (χ4v) is 5.87. The summed E-state index contributed by atoms with van der Waals surface area (Å²) < 4.78 is 34.9. The van der Waals surface area contributed by atoms with Crippen molar-refractivity contribution in [1.29, 1.82) is 0 Å². The van der Waals surface area contributed by atoms with E-state index >= 15 is 0 Å². The van der Waals surface area contributed by atoms with E-state index in [1.54, 1.807) is 12.1 Å². The van der Waals surface area contributed by atoms with Gasteiger partial charge in [-0.1, -0.05) is 26.7 Å². The lowest BCUT2D eigenvalue weighted by molar-refractivity contribution is -0.131. The Balaban J connectivity index is 1.79. The smallest absolute Gasteiger partial charge is 0.243 e. The van der Waals surface area contributed by atoms with E-state index in [0.29, 0.717) is 63.7 Å². The highest BCUT2D eigenvalue weighted by molar-refractivity contribution is 7.89. The van der Waals surface area contributed by atoms with Crippen LogP contribution in [0.15, 0.2) is 23.1 Å². The second-order valence-electron chi connectivity index (χ2n) is 8.55. The minimum absolute atomic E-state index is 0.148. The van der Waals surface area contributed by atoms with Crippen molar-refractivity contribution < 1.29 is 17.9 Å². The van der Waals surface area contributed by atoms with E-state index in [4.69, 9.17) is 9.72 Å². The number of hydrogen-bond donors (Lipinski definition) is 0. The summed E-state index contributed by atoms with van der Waals surface area (Å²) in [7, 11) is -3.58. The molecule has 1 amide bonds. The van der Waals surface area contributed by atoms with Crippen LogP contribution in [0.1, 0.15) is 52.8 Å². The van der Waals surface area contributed by atoms with Crippen LogP contribution >= 0.6 is 0 Å². The fourth-order valence-electron chi connectivity index (χ4n) is 4.44. The summed E-state index contributed by atoms with van der Waals surface area (Å²) in [5.41, 5.74) is 1.54. The van der Waals surface area contributed by atoms with Crippen LogP contribution in [0, 0.1) is 5.92 Å². The van der Waals surface area contributed by atoms with Gasteiger partial charge >= 0.3 is 0 Å². The number of fused-ring (bicyclic) bond motifs is 1. The van der Waals surface area contributed by atoms with Crippen LogP contribution in [0.2, 0.25) is 0 Å². The number of hydrogen-bond acceptors (Lipinski definition) is 5. The molecular formula is C24H38N4O4S. The van der Waals surface area contributed by atoms with Gasteiger partial charge in [0, 0.05) is 45.6 Å². The Labute approximate surface area is 198 Å². The number of aromatic nitrogens is 2. The van der Waals surface area contributed by atoms with E-state index in [2.05, 4.69) is 18.4 Å². The van der Waals surface area contributed by atoms with E-state index in [1.165, 1.54) is 4.31 Å². The van der Waals surface area contributed by atoms with Crippen molar-refractivity contribution >= 4 is 27.0 Å². The molecule has 2 heterocycles. The Hall–Kier alpha value is -1.97. The van der Waals surface area contributed by atoms with E-state index in [-0.39, 0.29) is 10.8 Å². The van der Waals surface area contributed by atoms with Gasteiger partial charge < -0.3 is 14.2 Å². The molecule has 1 fully saturated rings. The number of imidazole rings is 1. The molecule has 3 rings (SSSR count). The van der Waals surface area contributed by atoms with Gasteiger partial charge in [0.2, 0.25) is 15.9 Å². The van der Waals surface area contributed by atoms with Crippen LogP contribution < -0.4 is 0 Å². The molecule has 0 saturated carbocycles. The van der Waals surface area contributed by atoms with Gasteiger partial charge in [-0.2, -0.15) is 4.31 Å². The minimum Gasteiger partial charge on any atom is -0.379 e. The molecule has 0 aliphatic carbocycles. The quantitative estimate of drug-likeness (QED) is 0.495. The van der Waals surface area contributed by atoms with Gasteiger partial charge in [0.05, 0.1) is 29.1 Å². The first-order valence-electron chi connectivity index (χ1n) is 12.2. The van der Waals surface area contributed by atoms with Gasteiger partial charge in [0.1, 0.15) is 5.82 Å². The third-order valence-electron chi connectivity index (χ3n) is 6.65. The molecule has 8 nitrogen and oxygen atoms in total. The van der Waals surface area contributed by atoms with E-state index in [0.717, 1.165) is 30.7 Å². The van der Waals surface area contributed by atoms with Gasteiger partial charge in [-0.25, -0.2) is 13.4 Å². The SMILES string of the molecule is CCC(CC)CN(CC)C(=O)CCc1nc2cc(S(=O)(=O)N3CCOCC3)ccc2n1CC. The standard InChI is InChI=1S/C24H38N4O4S/c1-5-19(6-2)18-26(7-3)24(29)12-11-23-25-21-17-20(9-10-22(21)28(23)8-4)33(30,31)27-13-15-32-16-14-27/h9-10,17,19H,5-8,11-16,18H2,1-4H3. The highest BCUT2D eigenvalue weighted by atomic mass is 32.2. The number of carbonyl (C=O) groups is 1. The van der Waals surface area contributed by atoms with E-state index < -0.39 is 10.0 Å². The van der Waals surface area contributed by atoms with Crippen molar-refractivity contribution in [1.82, 2.24) is 18.8 Å². The van der Waals surface area contributed by atoms with E-state index in [9.17, 15) is 13.2 Å². The molecular weight excluding hydrogens is 440 g/mol. The first kappa shape index (κ1) is 25.6. The molecule has 0 unspecified atom stereocenters. The molecule has 0 spiro atoms. The maximum Gasteiger partial charge on any atom is 0.243 e. The number of aryl methyl sites for hydroxylation is 2. The fraction of sp³-hybridized carbons (Fsp3) is 0.667. The van der Waals surface area contributed by atoms with Gasteiger partial charge in [-0.3, -0.25) is 4.79 Å². The minimum atomic E-state index is -3.58. The first-order chi connectivity index (χ1) is 15.8. The zero-order valence-corrected chi connectivity index (χ0v) is 21.2. The second kappa shape index (κ2) is 11.4. The molecule has 33 heavy (non-hydrogen) atoms. The number of ether oxygens (including phenoxy) is 1. The third kappa shape index (κ3) is 5.75. The van der Waals surface area contributed by atoms with Crippen LogP contribution in [0.3, 0.4) is 0 Å². The maximum absolute atomic E-state index is 13.0. The number of rotatable bonds is 11. The largest absolute Gasteiger partial charge is 0.379 e. The van der Waals surface area contributed by atoms with E-state index in [1.807, 2.05) is 24.8 Å². The Morgan fingerprint density at radius 3 is 2.45 bits per heavy atom. The Morgan fingerprint density at radius 2 is 1.85 bits per heavy atom. The summed E-state index contributed by atoms with van der Waals surface area (Å²) in [6, 6.07) is 5.14. The Morgan fingerprint density at radius 1 is 1.15 bits per heavy atom. The molecule has 0 N–H and O–H groups in total. The highest BCUT2D eigenvalue weighted by Gasteiger charge is 2.27. The lowest BCUT2D eigenvalue weighted by Crippen LogP contribution is -2.40. The van der Waals surface area contributed by atoms with Gasteiger partial charge in [-0.15, -0.1) is 0 Å². The average molecular weight is 479 g/mol. The lowest BCUT2D eigenvalue weighted by Gasteiger charge is -2.26. The summed E-state index contributed by atoms with van der Waals surface area (Å²) >= 11 is 0. The summed E-state index contributed by atoms with van der Waals surface area (Å²) in [6.07, 6.45) is 3.08. The third-order valence-corrected chi connectivity index (χ3v) is 8.55. The number of amides is 1. The number of carbonyl (C=O) groups excluding carboxylic acids is 1. The number of benzene rings is 1. The van der Waals surface area contributed by atoms with Crippen molar-refractivity contribution in [2.24, 2.45) is 5.92 Å². The zero-order valence-electron chi connectivity index (χ0n) is 20.4. The van der Waals surface area contributed by atoms with Crippen LogP contribution in [-0.4, -0.2) is 72.5 Å². The monoisotopic (exact) mass is 478 g/mol. The molecule has 1 saturated heterocycles. The topological polar surface area (TPSA) is 84.7 Å². The summed E-state index contributed by atoms with van der Waals surface area (Å²) in [6.45, 7) is 12.2. The number of nitrogens with zero attached hydrogens (tertiary/aromatic N) is 4. The van der Waals surface area contributed by atoms with Gasteiger partial charge in [-0.05, 0) is 38.0 Å². The summed E-state index contributed by atoms with van der Waals surface area (Å²) in [4.78, 5) is 19.8. The Kier molecular flexibility index (Phi) is 8.89. The predicted molar refractivity (Wildman–Crippen MR) is 130 cm³/mol. The molecule has 2 aromatic rings. The van der Waals surface area contributed by atoms with Gasteiger partial charge in [0.15, 0.2) is 0 Å². The molecule has 1 aromatic heterocycles. The normalized spacial score (nSPS) is 15.4. The molecule has 1 aromatic carbocycles. The first-order valence-corrected chi connectivity index (χ1v) is 13.6. The number of sulfonamides is 1. The van der Waals surface area contributed by atoms with Crippen LogP contribution in [0.4, 0.5) is 0 Å². The van der Waals surface area contributed by atoms with Gasteiger partial charge in [0.25, 0.3) is 0 Å². The van der Waals surface area contributed by atoms with Crippen molar-refractivity contribution in [3.63, 3.8) is 0 Å². The average Bonchev–Trinajstić information content (AvgIpc) is 3.20. The zero-order chi connectivity index (χ0) is 24.0. The van der Waals surface area contributed by atoms with Crippen LogP contribution in [-0.2, 0) is 32.5 Å². The molecule has 1 aliphatic heterocycles. The second-order valence-corrected chi connectivity index (χ2v) is 10.5. The molecule has 0 atom stereocenters. The maximum atomic E-state index is 13.0. The molecule has 0 bridgehead atoms. The predicted octanol–water partition coefficient (Wildman–Crippen LogP) is 3.29. The highest BCUT2D eigenvalue weighted by Crippen LogP contribution is 2.24.